The number of nitrogens with zero attached hydrogens (tertiary/aromatic N) is 1. The molecule has 7 heteroatoms. The molecule has 0 radical (unpaired) electrons. The number of carbonyl (C=O) groups is 2. The number of likely N-dealkylation sites (N-methyl/N-ethyl adjacent to an activating group) is 1. The molecule has 1 aliphatic heterocycles. The number of nitrogens with one attached hydrogen (secondary N) is 1. The van der Waals surface area contributed by atoms with Crippen LogP contribution in [0, 0.1) is 0 Å². The summed E-state index contributed by atoms with van der Waals surface area (Å²) in [6.07, 6.45) is 1.17. The van der Waals surface area contributed by atoms with E-state index in [1.807, 2.05) is 73.7 Å². The van der Waals surface area contributed by atoms with Crippen molar-refractivity contribution in [3.05, 3.63) is 94.5 Å². The van der Waals surface area contributed by atoms with E-state index >= 15 is 0 Å². The van der Waals surface area contributed by atoms with Crippen molar-refractivity contribution in [1.29, 1.82) is 0 Å². The number of ether oxygens (including phenoxy) is 2. The lowest BCUT2D eigenvalue weighted by Gasteiger charge is -2.32. The highest BCUT2D eigenvalue weighted by molar-refractivity contribution is 6.31. The molecule has 1 aliphatic rings. The van der Waals surface area contributed by atoms with Gasteiger partial charge in [0.05, 0.1) is 0 Å². The maximum absolute atomic E-state index is 13.7. The second kappa shape index (κ2) is 12.5. The summed E-state index contributed by atoms with van der Waals surface area (Å²) >= 11 is 6.45. The number of hydrogen-bond acceptors (Lipinski definition) is 4. The first-order chi connectivity index (χ1) is 17.5. The molecule has 3 aromatic carbocycles. The molecule has 0 spiro atoms. The molecular formula is C29H31ClN2O4. The number of benzene rings is 3. The van der Waals surface area contributed by atoms with Crippen LogP contribution in [-0.2, 0) is 29.0 Å². The van der Waals surface area contributed by atoms with Crippen LogP contribution in [0.4, 0.5) is 0 Å². The quantitative estimate of drug-likeness (QED) is 0.428. The summed E-state index contributed by atoms with van der Waals surface area (Å²) in [5, 5.41) is 3.48. The molecule has 1 atom stereocenters. The molecule has 1 N–H and O–H groups in total. The van der Waals surface area contributed by atoms with Gasteiger partial charge in [0.2, 0.25) is 11.8 Å². The highest BCUT2D eigenvalue weighted by Crippen LogP contribution is 2.31. The monoisotopic (exact) mass is 506 g/mol. The number of rotatable bonds is 10. The molecule has 0 aliphatic carbocycles. The van der Waals surface area contributed by atoms with Gasteiger partial charge in [-0.15, -0.1) is 0 Å². The van der Waals surface area contributed by atoms with Crippen LogP contribution in [-0.4, -0.2) is 42.5 Å². The first kappa shape index (κ1) is 25.6. The highest BCUT2D eigenvalue weighted by atomic mass is 35.5. The number of amides is 2. The second-order valence-corrected chi connectivity index (χ2v) is 9.10. The van der Waals surface area contributed by atoms with Gasteiger partial charge >= 0.3 is 0 Å². The summed E-state index contributed by atoms with van der Waals surface area (Å²) in [6.45, 7) is 3.64. The Morgan fingerprint density at radius 1 is 0.944 bits per heavy atom. The van der Waals surface area contributed by atoms with Gasteiger partial charge in [-0.25, -0.2) is 0 Å². The Bertz CT molecular complexity index is 1180. The van der Waals surface area contributed by atoms with Crippen LogP contribution < -0.4 is 14.8 Å². The minimum atomic E-state index is -0.670. The highest BCUT2D eigenvalue weighted by Gasteiger charge is 2.30. The van der Waals surface area contributed by atoms with Crippen LogP contribution >= 0.6 is 11.6 Å². The van der Waals surface area contributed by atoms with E-state index in [1.165, 1.54) is 0 Å². The lowest BCUT2D eigenvalue weighted by atomic mass is 10.0. The molecule has 0 saturated carbocycles. The van der Waals surface area contributed by atoms with Crippen molar-refractivity contribution < 1.29 is 19.1 Å². The van der Waals surface area contributed by atoms with E-state index in [2.05, 4.69) is 5.32 Å². The Morgan fingerprint density at radius 3 is 2.42 bits per heavy atom. The van der Waals surface area contributed by atoms with Crippen LogP contribution in [0.2, 0.25) is 5.02 Å². The van der Waals surface area contributed by atoms with Crippen molar-refractivity contribution in [3.63, 3.8) is 0 Å². The van der Waals surface area contributed by atoms with Gasteiger partial charge in [0.15, 0.2) is 11.5 Å². The van der Waals surface area contributed by atoms with E-state index in [9.17, 15) is 9.59 Å². The molecule has 0 saturated heterocycles. The molecule has 3 aromatic rings. The maximum Gasteiger partial charge on any atom is 0.243 e. The number of carbonyl (C=O) groups excluding carboxylic acids is 2. The molecular weight excluding hydrogens is 476 g/mol. The van der Waals surface area contributed by atoms with Gasteiger partial charge in [-0.1, -0.05) is 66.2 Å². The molecule has 6 nitrogen and oxygen atoms in total. The van der Waals surface area contributed by atoms with Crippen LogP contribution in [0.15, 0.2) is 72.8 Å². The van der Waals surface area contributed by atoms with Gasteiger partial charge in [0.1, 0.15) is 19.3 Å². The Hall–Kier alpha value is -3.51. The zero-order chi connectivity index (χ0) is 25.3. The van der Waals surface area contributed by atoms with Gasteiger partial charge in [-0.2, -0.15) is 0 Å². The van der Waals surface area contributed by atoms with Crippen molar-refractivity contribution >= 4 is 23.4 Å². The summed E-state index contributed by atoms with van der Waals surface area (Å²) < 4.78 is 11.3. The minimum absolute atomic E-state index is 0.114. The zero-order valence-corrected chi connectivity index (χ0v) is 21.2. The van der Waals surface area contributed by atoms with Gasteiger partial charge < -0.3 is 19.7 Å². The number of hydrogen-bond donors (Lipinski definition) is 1. The van der Waals surface area contributed by atoms with E-state index < -0.39 is 6.04 Å². The number of fused-ring (bicyclic) bond motifs is 1. The molecule has 0 bridgehead atoms. The van der Waals surface area contributed by atoms with Gasteiger partial charge in [0.25, 0.3) is 0 Å². The third-order valence-electron chi connectivity index (χ3n) is 6.15. The summed E-state index contributed by atoms with van der Waals surface area (Å²) in [6, 6.07) is 22.3. The van der Waals surface area contributed by atoms with E-state index in [4.69, 9.17) is 21.1 Å². The van der Waals surface area contributed by atoms with Crippen molar-refractivity contribution in [2.24, 2.45) is 0 Å². The third-order valence-corrected chi connectivity index (χ3v) is 6.52. The van der Waals surface area contributed by atoms with Crippen LogP contribution in [0.25, 0.3) is 0 Å². The first-order valence-electron chi connectivity index (χ1n) is 12.3. The van der Waals surface area contributed by atoms with E-state index in [0.717, 1.165) is 22.4 Å². The molecule has 0 fully saturated rings. The average Bonchev–Trinajstić information content (AvgIpc) is 2.91. The summed E-state index contributed by atoms with van der Waals surface area (Å²) in [7, 11) is 0. The Morgan fingerprint density at radius 2 is 1.67 bits per heavy atom. The summed E-state index contributed by atoms with van der Waals surface area (Å²) in [4.78, 5) is 28.6. The molecule has 0 unspecified atom stereocenters. The van der Waals surface area contributed by atoms with Crippen molar-refractivity contribution in [3.8, 4) is 11.5 Å². The van der Waals surface area contributed by atoms with Gasteiger partial charge in [0, 0.05) is 31.0 Å². The predicted octanol–water partition coefficient (Wildman–Crippen LogP) is 4.82. The summed E-state index contributed by atoms with van der Waals surface area (Å²) in [5.74, 6) is 1.12. The predicted molar refractivity (Wildman–Crippen MR) is 140 cm³/mol. The van der Waals surface area contributed by atoms with Crippen LogP contribution in [0.1, 0.15) is 30.0 Å². The standard InChI is InChI=1S/C29H31ClN2O4/c1-2-31-29(34)25(18-21-8-4-3-5-9-21)32(20-23-10-6-7-11-24(23)30)28(33)15-13-22-12-14-26-27(19-22)36-17-16-35-26/h3-12,14,19,25H,2,13,15-18,20H2,1H3,(H,31,34)/t25-/m0/s1. The number of halogens is 1. The van der Waals surface area contributed by atoms with Gasteiger partial charge in [-0.3, -0.25) is 9.59 Å². The van der Waals surface area contributed by atoms with Crippen molar-refractivity contribution in [2.45, 2.75) is 38.8 Å². The molecule has 188 valence electrons. The Labute approximate surface area is 217 Å². The van der Waals surface area contributed by atoms with E-state index in [1.54, 1.807) is 11.0 Å². The van der Waals surface area contributed by atoms with Crippen LogP contribution in [0.5, 0.6) is 11.5 Å². The first-order valence-corrected chi connectivity index (χ1v) is 12.7. The lowest BCUT2D eigenvalue weighted by molar-refractivity contribution is -0.141. The molecule has 1 heterocycles. The third kappa shape index (κ3) is 6.58. The maximum atomic E-state index is 13.7. The lowest BCUT2D eigenvalue weighted by Crippen LogP contribution is -2.50. The topological polar surface area (TPSA) is 67.9 Å². The van der Waals surface area contributed by atoms with Crippen molar-refractivity contribution in [1.82, 2.24) is 10.2 Å². The molecule has 0 aromatic heterocycles. The second-order valence-electron chi connectivity index (χ2n) is 8.69. The van der Waals surface area contributed by atoms with E-state index in [-0.39, 0.29) is 24.8 Å². The molecule has 2 amide bonds. The fourth-order valence-corrected chi connectivity index (χ4v) is 4.49. The fourth-order valence-electron chi connectivity index (χ4n) is 4.29. The largest absolute Gasteiger partial charge is 0.486 e. The fraction of sp³-hybridized carbons (Fsp3) is 0.310. The summed E-state index contributed by atoms with van der Waals surface area (Å²) in [5.41, 5.74) is 2.76. The van der Waals surface area contributed by atoms with E-state index in [0.29, 0.717) is 43.4 Å². The van der Waals surface area contributed by atoms with Crippen molar-refractivity contribution in [2.75, 3.05) is 19.8 Å². The smallest absolute Gasteiger partial charge is 0.243 e. The zero-order valence-electron chi connectivity index (χ0n) is 20.4. The average molecular weight is 507 g/mol. The normalized spacial score (nSPS) is 13.1. The van der Waals surface area contributed by atoms with Crippen LogP contribution in [0.3, 0.4) is 0 Å². The Kier molecular flexibility index (Phi) is 8.85. The molecule has 4 rings (SSSR count). The minimum Gasteiger partial charge on any atom is -0.486 e. The molecule has 36 heavy (non-hydrogen) atoms. The number of aryl methyl sites for hydroxylation is 1. The SMILES string of the molecule is CCNC(=O)[C@H](Cc1ccccc1)N(Cc1ccccc1Cl)C(=O)CCc1ccc2c(c1)OCCO2. The Balaban J connectivity index is 1.58. The van der Waals surface area contributed by atoms with Gasteiger partial charge in [-0.05, 0) is 48.2 Å².